The topological polar surface area (TPSA) is 106 Å². The van der Waals surface area contributed by atoms with Gasteiger partial charge in [-0.15, -0.1) is 0 Å². The van der Waals surface area contributed by atoms with Gasteiger partial charge in [0.2, 0.25) is 0 Å². The first kappa shape index (κ1) is 12.8. The number of amides is 1. The van der Waals surface area contributed by atoms with E-state index in [2.05, 4.69) is 15.5 Å². The van der Waals surface area contributed by atoms with E-state index in [4.69, 9.17) is 0 Å². The Kier molecular flexibility index (Phi) is 3.60. The molecule has 0 saturated heterocycles. The van der Waals surface area contributed by atoms with Crippen LogP contribution in [0.3, 0.4) is 0 Å². The maximum atomic E-state index is 12.0. The smallest absolute Gasteiger partial charge is 0.287 e. The van der Waals surface area contributed by atoms with Gasteiger partial charge in [0.05, 0.1) is 23.4 Å². The monoisotopic (exact) mass is 263 g/mol. The van der Waals surface area contributed by atoms with E-state index in [9.17, 15) is 14.9 Å². The molecular weight excluding hydrogens is 250 g/mol. The number of hydrogen-bond donors (Lipinski definition) is 2. The second-order valence-corrected chi connectivity index (χ2v) is 3.89. The van der Waals surface area contributed by atoms with Crippen molar-refractivity contribution in [3.8, 4) is 0 Å². The number of hydrogen-bond acceptors (Lipinski definition) is 4. The maximum absolute atomic E-state index is 12.0. The largest absolute Gasteiger partial charge is 0.345 e. The molecule has 0 aliphatic rings. The lowest BCUT2D eigenvalue weighted by Crippen LogP contribution is -2.25. The molecule has 2 aromatic rings. The first-order valence-corrected chi connectivity index (χ1v) is 5.72. The Morgan fingerprint density at radius 2 is 2.42 bits per heavy atom. The summed E-state index contributed by atoms with van der Waals surface area (Å²) in [4.78, 5) is 22.1. The van der Waals surface area contributed by atoms with Crippen LogP contribution in [-0.2, 0) is 13.1 Å². The van der Waals surface area contributed by atoms with Crippen molar-refractivity contribution in [2.24, 2.45) is 0 Å². The number of carbonyl (C=O) groups is 1. The van der Waals surface area contributed by atoms with Crippen LogP contribution in [0.1, 0.15) is 23.1 Å². The summed E-state index contributed by atoms with van der Waals surface area (Å²) in [5.74, 6) is -0.357. The zero-order valence-corrected chi connectivity index (χ0v) is 10.3. The molecule has 0 fully saturated rings. The van der Waals surface area contributed by atoms with Gasteiger partial charge >= 0.3 is 0 Å². The average Bonchev–Trinajstić information content (AvgIpc) is 3.04. The molecule has 0 unspecified atom stereocenters. The van der Waals surface area contributed by atoms with Crippen molar-refractivity contribution < 1.29 is 9.72 Å². The molecule has 2 heterocycles. The van der Waals surface area contributed by atoms with E-state index in [-0.39, 0.29) is 17.3 Å². The zero-order chi connectivity index (χ0) is 13.8. The van der Waals surface area contributed by atoms with E-state index in [1.54, 1.807) is 16.8 Å². The molecule has 2 N–H and O–H groups in total. The van der Waals surface area contributed by atoms with Crippen molar-refractivity contribution in [2.45, 2.75) is 20.0 Å². The van der Waals surface area contributed by atoms with Crippen LogP contribution in [0.15, 0.2) is 24.5 Å². The van der Waals surface area contributed by atoms with E-state index >= 15 is 0 Å². The molecule has 8 heteroatoms. The summed E-state index contributed by atoms with van der Waals surface area (Å²) in [7, 11) is 0. The summed E-state index contributed by atoms with van der Waals surface area (Å²) in [6.45, 7) is 2.59. The van der Waals surface area contributed by atoms with Gasteiger partial charge in [0.25, 0.3) is 11.6 Å². The second kappa shape index (κ2) is 5.34. The summed E-state index contributed by atoms with van der Waals surface area (Å²) in [5, 5.41) is 19.9. The predicted octanol–water partition coefficient (Wildman–Crippen LogP) is 1.07. The van der Waals surface area contributed by atoms with Crippen molar-refractivity contribution in [1.29, 1.82) is 0 Å². The standard InChI is InChI=1S/C11H13N5O3/c1-2-15-7-9(16(18)19)5-10(15)11(17)12-6-8-3-4-13-14-8/h3-5,7H,2,6H2,1H3,(H,12,17)(H,13,14). The van der Waals surface area contributed by atoms with Crippen LogP contribution in [0.4, 0.5) is 5.69 Å². The molecular formula is C11H13N5O3. The third-order valence-electron chi connectivity index (χ3n) is 2.66. The van der Waals surface area contributed by atoms with Gasteiger partial charge < -0.3 is 9.88 Å². The summed E-state index contributed by atoms with van der Waals surface area (Å²) in [6.07, 6.45) is 2.94. The Morgan fingerprint density at radius 1 is 1.63 bits per heavy atom. The number of nitrogens with one attached hydrogen (secondary N) is 2. The summed E-state index contributed by atoms with van der Waals surface area (Å²) >= 11 is 0. The van der Waals surface area contributed by atoms with Gasteiger partial charge in [0, 0.05) is 18.8 Å². The van der Waals surface area contributed by atoms with Crippen LogP contribution in [0.5, 0.6) is 0 Å². The highest BCUT2D eigenvalue weighted by atomic mass is 16.6. The Morgan fingerprint density at radius 3 is 3.00 bits per heavy atom. The van der Waals surface area contributed by atoms with Gasteiger partial charge in [0.1, 0.15) is 5.69 Å². The van der Waals surface area contributed by atoms with E-state index in [0.717, 1.165) is 5.69 Å². The molecule has 0 aliphatic heterocycles. The minimum absolute atomic E-state index is 0.0893. The highest BCUT2D eigenvalue weighted by Crippen LogP contribution is 2.16. The number of aryl methyl sites for hydroxylation is 1. The molecule has 8 nitrogen and oxygen atoms in total. The van der Waals surface area contributed by atoms with Gasteiger partial charge in [-0.05, 0) is 13.0 Å². The molecule has 2 rings (SSSR count). The summed E-state index contributed by atoms with van der Waals surface area (Å²) in [6, 6.07) is 3.01. The molecule has 2 aromatic heterocycles. The molecule has 0 aromatic carbocycles. The van der Waals surface area contributed by atoms with Crippen LogP contribution in [0.2, 0.25) is 0 Å². The number of aromatic nitrogens is 3. The number of nitrogens with zero attached hydrogens (tertiary/aromatic N) is 3. The van der Waals surface area contributed by atoms with Crippen molar-refractivity contribution in [3.05, 3.63) is 46.0 Å². The number of H-pyrrole nitrogens is 1. The van der Waals surface area contributed by atoms with Crippen molar-refractivity contribution >= 4 is 11.6 Å². The van der Waals surface area contributed by atoms with Gasteiger partial charge in [-0.2, -0.15) is 5.10 Å². The van der Waals surface area contributed by atoms with Gasteiger partial charge in [-0.1, -0.05) is 0 Å². The second-order valence-electron chi connectivity index (χ2n) is 3.89. The van der Waals surface area contributed by atoms with Gasteiger partial charge in [-0.25, -0.2) is 0 Å². The van der Waals surface area contributed by atoms with Crippen molar-refractivity contribution in [1.82, 2.24) is 20.1 Å². The highest BCUT2D eigenvalue weighted by molar-refractivity contribution is 5.93. The van der Waals surface area contributed by atoms with Crippen LogP contribution in [0.25, 0.3) is 0 Å². The van der Waals surface area contributed by atoms with Crippen LogP contribution >= 0.6 is 0 Å². The zero-order valence-electron chi connectivity index (χ0n) is 10.3. The minimum atomic E-state index is -0.516. The molecule has 0 saturated carbocycles. The third kappa shape index (κ3) is 2.79. The number of nitro groups is 1. The first-order valence-electron chi connectivity index (χ1n) is 5.72. The maximum Gasteiger partial charge on any atom is 0.287 e. The Hall–Kier alpha value is -2.64. The van der Waals surface area contributed by atoms with Crippen LogP contribution in [-0.4, -0.2) is 25.6 Å². The SMILES string of the molecule is CCn1cc([N+](=O)[O-])cc1C(=O)NCc1ccn[nH]1. The molecule has 0 bridgehead atoms. The van der Waals surface area contributed by atoms with E-state index in [0.29, 0.717) is 13.1 Å². The van der Waals surface area contributed by atoms with Crippen molar-refractivity contribution in [3.63, 3.8) is 0 Å². The Labute approximate surface area is 108 Å². The average molecular weight is 263 g/mol. The fourth-order valence-electron chi connectivity index (χ4n) is 1.70. The molecule has 19 heavy (non-hydrogen) atoms. The highest BCUT2D eigenvalue weighted by Gasteiger charge is 2.18. The Balaban J connectivity index is 2.11. The molecule has 0 atom stereocenters. The van der Waals surface area contributed by atoms with Crippen molar-refractivity contribution in [2.75, 3.05) is 0 Å². The quantitative estimate of drug-likeness (QED) is 0.621. The van der Waals surface area contributed by atoms with E-state index in [1.165, 1.54) is 12.3 Å². The predicted molar refractivity (Wildman–Crippen MR) is 66.5 cm³/mol. The molecule has 0 radical (unpaired) electrons. The van der Waals surface area contributed by atoms with Crippen LogP contribution in [0, 0.1) is 10.1 Å². The Bertz CT molecular complexity index is 588. The number of aromatic amines is 1. The normalized spacial score (nSPS) is 10.4. The lowest BCUT2D eigenvalue weighted by atomic mass is 10.3. The molecule has 0 spiro atoms. The number of rotatable bonds is 5. The minimum Gasteiger partial charge on any atom is -0.345 e. The number of carbonyl (C=O) groups excluding carboxylic acids is 1. The lowest BCUT2D eigenvalue weighted by molar-refractivity contribution is -0.384. The summed E-state index contributed by atoms with van der Waals surface area (Å²) < 4.78 is 1.54. The fourth-order valence-corrected chi connectivity index (χ4v) is 1.70. The summed E-state index contributed by atoms with van der Waals surface area (Å²) in [5.41, 5.74) is 0.944. The first-order chi connectivity index (χ1) is 9.11. The molecule has 100 valence electrons. The molecule has 1 amide bonds. The van der Waals surface area contributed by atoms with E-state index < -0.39 is 4.92 Å². The van der Waals surface area contributed by atoms with Crippen LogP contribution < -0.4 is 5.32 Å². The van der Waals surface area contributed by atoms with Gasteiger partial charge in [0.15, 0.2) is 0 Å². The fraction of sp³-hybridized carbons (Fsp3) is 0.273. The third-order valence-corrected chi connectivity index (χ3v) is 2.66. The van der Waals surface area contributed by atoms with E-state index in [1.807, 2.05) is 6.92 Å². The van der Waals surface area contributed by atoms with Gasteiger partial charge in [-0.3, -0.25) is 20.0 Å². The molecule has 0 aliphatic carbocycles. The lowest BCUT2D eigenvalue weighted by Gasteiger charge is -2.05.